The average molecular weight is 371 g/mol. The van der Waals surface area contributed by atoms with Crippen LogP contribution in [0.4, 0.5) is 10.1 Å². The smallest absolute Gasteiger partial charge is 0.285 e. The van der Waals surface area contributed by atoms with E-state index >= 15 is 0 Å². The largest absolute Gasteiger partial charge is 0.370 e. The molecule has 1 aromatic heterocycles. The number of nitrogens with two attached hydrogens (primary N) is 1. The monoisotopic (exact) mass is 371 g/mol. The minimum absolute atomic E-state index is 0.0372. The Morgan fingerprint density at radius 3 is 2.48 bits per heavy atom. The number of hydrogen-bond acceptors (Lipinski definition) is 5. The molecule has 140 valence electrons. The van der Waals surface area contributed by atoms with Gasteiger partial charge in [-0.1, -0.05) is 0 Å². The summed E-state index contributed by atoms with van der Waals surface area (Å²) >= 11 is 0. The quantitative estimate of drug-likeness (QED) is 0.804. The highest BCUT2D eigenvalue weighted by atomic mass is 19.1. The number of rotatable bonds is 6. The van der Waals surface area contributed by atoms with Crippen molar-refractivity contribution in [3.63, 3.8) is 0 Å². The molecule has 0 fully saturated rings. The summed E-state index contributed by atoms with van der Waals surface area (Å²) in [4.78, 5) is 37.5. The SMILES string of the molecule is Cc1nn(CC(=O)N(CCC(N)=O)c2ccc(F)cc2)c(=O)c(C#N)c1C. The molecule has 0 aliphatic heterocycles. The number of nitriles is 1. The zero-order chi connectivity index (χ0) is 20.1. The lowest BCUT2D eigenvalue weighted by molar-refractivity contribution is -0.119. The minimum Gasteiger partial charge on any atom is -0.370 e. The van der Waals surface area contributed by atoms with E-state index in [1.807, 2.05) is 6.07 Å². The molecule has 0 aliphatic rings. The Kier molecular flexibility index (Phi) is 6.03. The number of aryl methyl sites for hydroxylation is 1. The summed E-state index contributed by atoms with van der Waals surface area (Å²) in [5.41, 5.74) is 5.64. The Morgan fingerprint density at radius 1 is 1.30 bits per heavy atom. The third-order valence-electron chi connectivity index (χ3n) is 4.05. The van der Waals surface area contributed by atoms with E-state index in [0.717, 1.165) is 4.68 Å². The number of carbonyl (C=O) groups is 2. The first-order valence-electron chi connectivity index (χ1n) is 8.07. The Bertz CT molecular complexity index is 976. The summed E-state index contributed by atoms with van der Waals surface area (Å²) in [6.07, 6.45) is -0.109. The number of hydrogen-bond donors (Lipinski definition) is 1. The summed E-state index contributed by atoms with van der Waals surface area (Å²) in [5.74, 6) is -1.64. The fourth-order valence-electron chi connectivity index (χ4n) is 2.46. The third kappa shape index (κ3) is 4.55. The number of halogens is 1. The highest BCUT2D eigenvalue weighted by Crippen LogP contribution is 2.16. The first-order chi connectivity index (χ1) is 12.7. The van der Waals surface area contributed by atoms with Crippen LogP contribution in [0, 0.1) is 31.0 Å². The van der Waals surface area contributed by atoms with Crippen LogP contribution in [0.15, 0.2) is 29.1 Å². The maximum Gasteiger partial charge on any atom is 0.285 e. The molecule has 0 atom stereocenters. The standard InChI is InChI=1S/C18H18FN5O3/c1-11-12(2)22-24(18(27)15(11)9-20)10-17(26)23(8-7-16(21)25)14-5-3-13(19)4-6-14/h3-6H,7-8,10H2,1-2H3,(H2,21,25). The van der Waals surface area contributed by atoms with E-state index in [0.29, 0.717) is 16.9 Å². The number of benzene rings is 1. The van der Waals surface area contributed by atoms with Crippen molar-refractivity contribution in [3.05, 3.63) is 57.3 Å². The molecule has 2 N–H and O–H groups in total. The van der Waals surface area contributed by atoms with Crippen molar-refractivity contribution in [2.75, 3.05) is 11.4 Å². The normalized spacial score (nSPS) is 10.3. The van der Waals surface area contributed by atoms with Crippen molar-refractivity contribution in [1.29, 1.82) is 5.26 Å². The van der Waals surface area contributed by atoms with Gasteiger partial charge in [0.1, 0.15) is 24.0 Å². The van der Waals surface area contributed by atoms with Gasteiger partial charge in [-0.05, 0) is 43.7 Å². The third-order valence-corrected chi connectivity index (χ3v) is 4.05. The maximum atomic E-state index is 13.2. The second kappa shape index (κ2) is 8.23. The van der Waals surface area contributed by atoms with Gasteiger partial charge in [0.2, 0.25) is 11.8 Å². The fourth-order valence-corrected chi connectivity index (χ4v) is 2.46. The van der Waals surface area contributed by atoms with Crippen LogP contribution < -0.4 is 16.2 Å². The van der Waals surface area contributed by atoms with E-state index in [2.05, 4.69) is 5.10 Å². The Hall–Kier alpha value is -3.54. The maximum absolute atomic E-state index is 13.2. The highest BCUT2D eigenvalue weighted by Gasteiger charge is 2.20. The Balaban J connectivity index is 2.38. The van der Waals surface area contributed by atoms with E-state index in [-0.39, 0.29) is 18.5 Å². The van der Waals surface area contributed by atoms with Crippen molar-refractivity contribution in [3.8, 4) is 6.07 Å². The molecule has 2 amide bonds. The topological polar surface area (TPSA) is 122 Å². The number of amides is 2. The van der Waals surface area contributed by atoms with E-state index in [1.54, 1.807) is 13.8 Å². The second-order valence-electron chi connectivity index (χ2n) is 5.90. The van der Waals surface area contributed by atoms with Gasteiger partial charge in [-0.25, -0.2) is 9.07 Å². The molecule has 8 nitrogen and oxygen atoms in total. The number of nitrogens with zero attached hydrogens (tertiary/aromatic N) is 4. The first kappa shape index (κ1) is 19.8. The fraction of sp³-hybridized carbons (Fsp3) is 0.278. The summed E-state index contributed by atoms with van der Waals surface area (Å²) in [5, 5.41) is 13.2. The lowest BCUT2D eigenvalue weighted by Gasteiger charge is -2.22. The molecule has 1 heterocycles. The van der Waals surface area contributed by atoms with Crippen molar-refractivity contribution in [2.24, 2.45) is 5.73 Å². The molecule has 0 spiro atoms. The zero-order valence-electron chi connectivity index (χ0n) is 14.9. The molecule has 0 bridgehead atoms. The highest BCUT2D eigenvalue weighted by molar-refractivity contribution is 5.93. The molecule has 1 aromatic carbocycles. The van der Waals surface area contributed by atoms with Crippen LogP contribution in [0.25, 0.3) is 0 Å². The Morgan fingerprint density at radius 2 is 1.93 bits per heavy atom. The van der Waals surface area contributed by atoms with Crippen LogP contribution in [-0.4, -0.2) is 28.1 Å². The van der Waals surface area contributed by atoms with Crippen LogP contribution in [0.5, 0.6) is 0 Å². The van der Waals surface area contributed by atoms with Gasteiger partial charge >= 0.3 is 0 Å². The van der Waals surface area contributed by atoms with E-state index in [9.17, 15) is 18.8 Å². The molecular formula is C18H18FN5O3. The van der Waals surface area contributed by atoms with Crippen LogP contribution >= 0.6 is 0 Å². The van der Waals surface area contributed by atoms with Gasteiger partial charge in [0, 0.05) is 18.7 Å². The van der Waals surface area contributed by atoms with Crippen LogP contribution in [0.2, 0.25) is 0 Å². The lowest BCUT2D eigenvalue weighted by Crippen LogP contribution is -2.40. The van der Waals surface area contributed by atoms with Gasteiger partial charge in [-0.2, -0.15) is 10.4 Å². The van der Waals surface area contributed by atoms with Crippen LogP contribution in [-0.2, 0) is 16.1 Å². The molecule has 2 rings (SSSR count). The van der Waals surface area contributed by atoms with E-state index < -0.39 is 29.7 Å². The molecule has 0 saturated heterocycles. The molecule has 9 heteroatoms. The number of anilines is 1. The van der Waals surface area contributed by atoms with Gasteiger partial charge in [0.15, 0.2) is 0 Å². The summed E-state index contributed by atoms with van der Waals surface area (Å²) in [6.45, 7) is 2.75. The van der Waals surface area contributed by atoms with Crippen LogP contribution in [0.1, 0.15) is 23.2 Å². The summed E-state index contributed by atoms with van der Waals surface area (Å²) in [7, 11) is 0. The number of aromatic nitrogens is 2. The molecular weight excluding hydrogens is 353 g/mol. The second-order valence-corrected chi connectivity index (χ2v) is 5.90. The predicted molar refractivity (Wildman–Crippen MR) is 95.3 cm³/mol. The van der Waals surface area contributed by atoms with Crippen LogP contribution in [0.3, 0.4) is 0 Å². The van der Waals surface area contributed by atoms with Crippen molar-refractivity contribution < 1.29 is 14.0 Å². The molecule has 2 aromatic rings. The molecule has 0 saturated carbocycles. The minimum atomic E-state index is -0.678. The first-order valence-corrected chi connectivity index (χ1v) is 8.07. The molecule has 0 aliphatic carbocycles. The molecule has 0 radical (unpaired) electrons. The Labute approximate surface area is 154 Å². The summed E-state index contributed by atoms with van der Waals surface area (Å²) < 4.78 is 14.1. The van der Waals surface area contributed by atoms with Gasteiger partial charge in [0.25, 0.3) is 5.56 Å². The number of carbonyl (C=O) groups excluding carboxylic acids is 2. The van der Waals surface area contributed by atoms with Gasteiger partial charge in [0.05, 0.1) is 5.69 Å². The van der Waals surface area contributed by atoms with Gasteiger partial charge in [-0.3, -0.25) is 14.4 Å². The molecule has 0 unspecified atom stereocenters. The van der Waals surface area contributed by atoms with E-state index in [4.69, 9.17) is 11.0 Å². The predicted octanol–water partition coefficient (Wildman–Crippen LogP) is 0.780. The summed E-state index contributed by atoms with van der Waals surface area (Å²) in [6, 6.07) is 6.93. The van der Waals surface area contributed by atoms with Crippen molar-refractivity contribution in [1.82, 2.24) is 9.78 Å². The lowest BCUT2D eigenvalue weighted by atomic mass is 10.1. The van der Waals surface area contributed by atoms with Gasteiger partial charge in [-0.15, -0.1) is 0 Å². The zero-order valence-corrected chi connectivity index (χ0v) is 14.9. The number of primary amides is 1. The molecule has 27 heavy (non-hydrogen) atoms. The average Bonchev–Trinajstić information content (AvgIpc) is 2.61. The van der Waals surface area contributed by atoms with Gasteiger partial charge < -0.3 is 10.6 Å². The van der Waals surface area contributed by atoms with Crippen molar-refractivity contribution >= 4 is 17.5 Å². The van der Waals surface area contributed by atoms with E-state index in [1.165, 1.54) is 29.2 Å². The van der Waals surface area contributed by atoms with Crippen molar-refractivity contribution in [2.45, 2.75) is 26.8 Å².